The van der Waals surface area contributed by atoms with Crippen molar-refractivity contribution in [1.29, 1.82) is 0 Å². The summed E-state index contributed by atoms with van der Waals surface area (Å²) in [5, 5.41) is 29.3. The SMILES string of the molecule is CC(NC(=O)N(CCc1cccs1)CC1(O)CCC2C34C=CC5(C=C3C(=O)c3ccco3)CC(O)CCC5(C)C4CCC21C)c1ccccc1. The second-order valence-electron chi connectivity index (χ2n) is 16.4. The Morgan fingerprint density at radius 3 is 2.48 bits per heavy atom. The maximum atomic E-state index is 14.5. The Bertz CT molecular complexity index is 1800. The van der Waals surface area contributed by atoms with E-state index in [1.54, 1.807) is 29.7 Å². The molecular formula is C42H50N2O5S. The zero-order valence-electron chi connectivity index (χ0n) is 29.4. The average molecular weight is 695 g/mol. The highest BCUT2D eigenvalue weighted by atomic mass is 32.1. The van der Waals surface area contributed by atoms with Gasteiger partial charge in [0.15, 0.2) is 5.76 Å². The molecule has 0 aliphatic heterocycles. The summed E-state index contributed by atoms with van der Waals surface area (Å²) >= 11 is 1.69. The number of carbonyl (C=O) groups is 2. The summed E-state index contributed by atoms with van der Waals surface area (Å²) < 4.78 is 5.73. The first-order chi connectivity index (χ1) is 23.9. The smallest absolute Gasteiger partial charge is 0.317 e. The van der Waals surface area contributed by atoms with Gasteiger partial charge in [0.2, 0.25) is 5.78 Å². The van der Waals surface area contributed by atoms with Gasteiger partial charge < -0.3 is 24.8 Å². The Kier molecular flexibility index (Phi) is 8.12. The number of aliphatic hydroxyl groups excluding tert-OH is 1. The number of benzene rings is 1. The second kappa shape index (κ2) is 12.1. The summed E-state index contributed by atoms with van der Waals surface area (Å²) in [4.78, 5) is 31.7. The molecule has 3 fully saturated rings. The number of thiophene rings is 1. The highest BCUT2D eigenvalue weighted by Crippen LogP contribution is 2.78. The van der Waals surface area contributed by atoms with Crippen LogP contribution in [0, 0.1) is 33.5 Å². The summed E-state index contributed by atoms with van der Waals surface area (Å²) in [5.74, 6) is 0.436. The molecule has 2 amide bonds. The van der Waals surface area contributed by atoms with Gasteiger partial charge in [-0.15, -0.1) is 11.3 Å². The Hall–Kier alpha value is -3.46. The van der Waals surface area contributed by atoms with Crippen molar-refractivity contribution in [3.63, 3.8) is 0 Å². The number of furan rings is 1. The Balaban J connectivity index is 1.15. The van der Waals surface area contributed by atoms with Crippen LogP contribution in [0.4, 0.5) is 4.79 Å². The number of aliphatic hydroxyl groups is 2. The van der Waals surface area contributed by atoms with Crippen LogP contribution in [0.3, 0.4) is 0 Å². The van der Waals surface area contributed by atoms with Crippen LogP contribution in [0.1, 0.15) is 92.8 Å². The fourth-order valence-electron chi connectivity index (χ4n) is 11.5. The molecular weight excluding hydrogens is 645 g/mol. The van der Waals surface area contributed by atoms with E-state index in [-0.39, 0.29) is 41.7 Å². The minimum absolute atomic E-state index is 0.00686. The van der Waals surface area contributed by atoms with E-state index in [9.17, 15) is 19.8 Å². The fraction of sp³-hybridized carbons (Fsp3) is 0.524. The van der Waals surface area contributed by atoms with E-state index in [2.05, 4.69) is 48.8 Å². The first-order valence-electron chi connectivity index (χ1n) is 18.5. The number of nitrogens with zero attached hydrogens (tertiary/aromatic N) is 1. The van der Waals surface area contributed by atoms with Crippen molar-refractivity contribution in [3.8, 4) is 0 Å². The molecule has 3 aromatic rings. The van der Waals surface area contributed by atoms with Crippen LogP contribution in [-0.4, -0.2) is 51.7 Å². The number of hydrogen-bond acceptors (Lipinski definition) is 6. The van der Waals surface area contributed by atoms with Crippen molar-refractivity contribution in [2.75, 3.05) is 13.1 Å². The number of nitrogens with one attached hydrogen (secondary N) is 1. The van der Waals surface area contributed by atoms with Gasteiger partial charge in [-0.25, -0.2) is 4.79 Å². The van der Waals surface area contributed by atoms with Crippen LogP contribution < -0.4 is 5.32 Å². The normalized spacial score (nSPS) is 37.3. The Labute approximate surface area is 299 Å². The van der Waals surface area contributed by atoms with Gasteiger partial charge in [-0.3, -0.25) is 4.79 Å². The molecule has 7 nitrogen and oxygen atoms in total. The molecule has 50 heavy (non-hydrogen) atoms. The summed E-state index contributed by atoms with van der Waals surface area (Å²) in [6, 6.07) is 17.3. The van der Waals surface area contributed by atoms with Crippen LogP contribution >= 0.6 is 11.3 Å². The zero-order valence-corrected chi connectivity index (χ0v) is 30.3. The minimum atomic E-state index is -1.15. The quantitative estimate of drug-likeness (QED) is 0.155. The van der Waals surface area contributed by atoms with E-state index in [4.69, 9.17) is 4.42 Å². The van der Waals surface area contributed by atoms with Gasteiger partial charge in [0.25, 0.3) is 0 Å². The van der Waals surface area contributed by atoms with Crippen molar-refractivity contribution in [2.24, 2.45) is 33.5 Å². The van der Waals surface area contributed by atoms with Crippen molar-refractivity contribution < 1.29 is 24.2 Å². The molecule has 2 bridgehead atoms. The van der Waals surface area contributed by atoms with E-state index in [1.165, 1.54) is 4.88 Å². The van der Waals surface area contributed by atoms with Crippen LogP contribution in [0.25, 0.3) is 0 Å². The number of carbonyl (C=O) groups excluding carboxylic acids is 2. The van der Waals surface area contributed by atoms with Gasteiger partial charge >= 0.3 is 6.03 Å². The molecule has 1 aromatic carbocycles. The molecule has 6 aliphatic rings. The van der Waals surface area contributed by atoms with Crippen molar-refractivity contribution in [3.05, 3.63) is 106 Å². The number of ketones is 1. The maximum Gasteiger partial charge on any atom is 0.317 e. The number of hydrogen-bond donors (Lipinski definition) is 3. The summed E-state index contributed by atoms with van der Waals surface area (Å²) in [7, 11) is 0. The summed E-state index contributed by atoms with van der Waals surface area (Å²) in [5.41, 5.74) is -0.987. The molecule has 9 atom stereocenters. The first-order valence-corrected chi connectivity index (χ1v) is 19.4. The Morgan fingerprint density at radius 1 is 0.980 bits per heavy atom. The molecule has 2 heterocycles. The number of fused-ring (bicyclic) bond motifs is 1. The van der Waals surface area contributed by atoms with E-state index < -0.39 is 27.9 Å². The fourth-order valence-corrected chi connectivity index (χ4v) is 12.2. The van der Waals surface area contributed by atoms with Gasteiger partial charge in [-0.2, -0.15) is 0 Å². The van der Waals surface area contributed by atoms with Crippen LogP contribution in [0.5, 0.6) is 0 Å². The molecule has 0 radical (unpaired) electrons. The lowest BCUT2D eigenvalue weighted by atomic mass is 9.32. The van der Waals surface area contributed by atoms with Crippen LogP contribution in [0.15, 0.2) is 94.5 Å². The topological polar surface area (TPSA) is 103 Å². The molecule has 9 unspecified atom stereocenters. The van der Waals surface area contributed by atoms with Gasteiger partial charge in [-0.05, 0) is 105 Å². The lowest BCUT2D eigenvalue weighted by Crippen LogP contribution is -2.67. The average Bonchev–Trinajstić information content (AvgIpc) is 3.89. The van der Waals surface area contributed by atoms with E-state index in [0.717, 1.165) is 43.2 Å². The number of rotatable bonds is 9. The number of allylic oxidation sites excluding steroid dienone is 4. The third-order valence-corrected chi connectivity index (χ3v) is 15.2. The van der Waals surface area contributed by atoms with E-state index in [0.29, 0.717) is 31.6 Å². The standard InChI is InChI=1S/C42H50N2O5S/c1-28(29-9-5-4-6-10-29)43-37(47)44(22-16-31-11-8-24-50-31)27-41(48)19-15-35-39(41,3)18-14-34-38(2)17-13-30(45)25-40(38)20-21-42(34,35)32(26-40)36(46)33-12-7-23-49-33/h4-12,20-21,23-24,26,28,30,34-35,45,48H,13-19,22,25,27H2,1-3H3,(H,43,47). The molecule has 0 saturated heterocycles. The van der Waals surface area contributed by atoms with Crippen LogP contribution in [0.2, 0.25) is 0 Å². The molecule has 8 heteroatoms. The largest absolute Gasteiger partial charge is 0.461 e. The third-order valence-electron chi connectivity index (χ3n) is 14.3. The molecule has 6 aliphatic carbocycles. The predicted octanol–water partition coefficient (Wildman–Crippen LogP) is 8.13. The molecule has 3 N–H and O–H groups in total. The van der Waals surface area contributed by atoms with Crippen molar-refractivity contribution in [1.82, 2.24) is 10.2 Å². The lowest BCUT2D eigenvalue weighted by Gasteiger charge is -2.71. The zero-order chi connectivity index (χ0) is 34.9. The number of urea groups is 1. The molecule has 9 rings (SSSR count). The van der Waals surface area contributed by atoms with Gasteiger partial charge in [0.05, 0.1) is 30.6 Å². The van der Waals surface area contributed by atoms with Gasteiger partial charge in [-0.1, -0.05) is 68.5 Å². The Morgan fingerprint density at radius 2 is 1.74 bits per heavy atom. The molecule has 2 spiro atoms. The summed E-state index contributed by atoms with van der Waals surface area (Å²) in [6.45, 7) is 7.34. The predicted molar refractivity (Wildman–Crippen MR) is 195 cm³/mol. The summed E-state index contributed by atoms with van der Waals surface area (Å²) in [6.07, 6.45) is 14.0. The van der Waals surface area contributed by atoms with Crippen LogP contribution in [-0.2, 0) is 6.42 Å². The number of Topliss-reactive ketones (excluding diaryl/α,β-unsaturated/α-hetero) is 1. The highest BCUT2D eigenvalue weighted by Gasteiger charge is 2.74. The molecule has 3 saturated carbocycles. The first kappa shape index (κ1) is 33.7. The van der Waals surface area contributed by atoms with E-state index in [1.807, 2.05) is 48.2 Å². The van der Waals surface area contributed by atoms with Gasteiger partial charge in [0.1, 0.15) is 0 Å². The van der Waals surface area contributed by atoms with Gasteiger partial charge in [0, 0.05) is 33.2 Å². The minimum Gasteiger partial charge on any atom is -0.461 e. The lowest BCUT2D eigenvalue weighted by molar-refractivity contribution is -0.174. The monoisotopic (exact) mass is 694 g/mol. The molecule has 264 valence electrons. The van der Waals surface area contributed by atoms with E-state index >= 15 is 0 Å². The second-order valence-corrected chi connectivity index (χ2v) is 17.5. The third kappa shape index (κ3) is 4.88. The number of amides is 2. The molecule has 2 aromatic heterocycles. The van der Waals surface area contributed by atoms with Crippen molar-refractivity contribution in [2.45, 2.75) is 89.9 Å². The van der Waals surface area contributed by atoms with Crippen molar-refractivity contribution >= 4 is 23.2 Å². The highest BCUT2D eigenvalue weighted by molar-refractivity contribution is 7.09. The maximum absolute atomic E-state index is 14.5.